The fourth-order valence-electron chi connectivity index (χ4n) is 1.26. The van der Waals surface area contributed by atoms with Crippen LogP contribution in [0.2, 0.25) is 0 Å². The number of hydrogen-bond acceptors (Lipinski definition) is 7. The molecule has 6 nitrogen and oxygen atoms in total. The maximum absolute atomic E-state index is 8.65. The summed E-state index contributed by atoms with van der Waals surface area (Å²) in [5, 5.41) is 25.5. The van der Waals surface area contributed by atoms with Crippen LogP contribution in [-0.4, -0.2) is 34.1 Å². The third kappa shape index (κ3) is 4.35. The van der Waals surface area contributed by atoms with Crippen molar-refractivity contribution in [3.05, 3.63) is 5.69 Å². The Balaban J connectivity index is 2.62. The average molecular weight is 250 g/mol. The molecule has 0 bridgehead atoms. The van der Waals surface area contributed by atoms with Crippen LogP contribution in [0.5, 0.6) is 0 Å². The number of aromatic nitrogens is 2. The van der Waals surface area contributed by atoms with Gasteiger partial charge in [-0.1, -0.05) is 11.4 Å². The molecule has 0 atom stereocenters. The molecule has 0 saturated heterocycles. The number of nitriles is 2. The van der Waals surface area contributed by atoms with Crippen molar-refractivity contribution < 1.29 is 0 Å². The van der Waals surface area contributed by atoms with Gasteiger partial charge >= 0.3 is 0 Å². The lowest BCUT2D eigenvalue weighted by Crippen LogP contribution is -2.24. The molecule has 0 aliphatic carbocycles. The summed E-state index contributed by atoms with van der Waals surface area (Å²) in [4.78, 5) is 1.73. The van der Waals surface area contributed by atoms with Crippen molar-refractivity contribution in [3.63, 3.8) is 0 Å². The summed E-state index contributed by atoms with van der Waals surface area (Å²) in [6.07, 6.45) is 1.03. The van der Waals surface area contributed by atoms with E-state index in [2.05, 4.69) is 21.8 Å². The number of nitrogens with one attached hydrogen (secondary N) is 1. The van der Waals surface area contributed by atoms with Crippen molar-refractivity contribution in [2.24, 2.45) is 0 Å². The van der Waals surface area contributed by atoms with Gasteiger partial charge in [-0.3, -0.25) is 4.90 Å². The lowest BCUT2D eigenvalue weighted by atomic mass is 10.3. The summed E-state index contributed by atoms with van der Waals surface area (Å²) in [5.74, 6) is 0. The summed E-state index contributed by atoms with van der Waals surface area (Å²) >= 11 is 1.30. The summed E-state index contributed by atoms with van der Waals surface area (Å²) in [7, 11) is 0. The van der Waals surface area contributed by atoms with E-state index in [1.807, 2.05) is 12.1 Å². The van der Waals surface area contributed by atoms with E-state index >= 15 is 0 Å². The summed E-state index contributed by atoms with van der Waals surface area (Å²) in [6.45, 7) is 3.87. The maximum Gasteiger partial charge on any atom is 0.134 e. The molecule has 0 aliphatic rings. The lowest BCUT2D eigenvalue weighted by Gasteiger charge is -2.14. The molecule has 7 heteroatoms. The van der Waals surface area contributed by atoms with Gasteiger partial charge in [-0.2, -0.15) is 10.5 Å². The first-order valence-electron chi connectivity index (χ1n) is 5.33. The molecule has 0 aliphatic heterocycles. The Morgan fingerprint density at radius 3 is 2.65 bits per heavy atom. The van der Waals surface area contributed by atoms with Gasteiger partial charge in [0.15, 0.2) is 0 Å². The van der Waals surface area contributed by atoms with E-state index in [0.29, 0.717) is 6.54 Å². The molecule has 1 heterocycles. The highest BCUT2D eigenvalue weighted by molar-refractivity contribution is 7.10. The topological polar surface area (TPSA) is 88.6 Å². The van der Waals surface area contributed by atoms with Crippen LogP contribution in [0.1, 0.15) is 19.0 Å². The molecular formula is C10H14N6S. The number of anilines is 1. The Hall–Kier alpha value is -1.70. The third-order valence-corrected chi connectivity index (χ3v) is 2.78. The van der Waals surface area contributed by atoms with E-state index in [0.717, 1.165) is 23.7 Å². The largest absolute Gasteiger partial charge is 0.374 e. The van der Waals surface area contributed by atoms with Crippen LogP contribution in [0.3, 0.4) is 0 Å². The first-order valence-corrected chi connectivity index (χ1v) is 6.10. The monoisotopic (exact) mass is 250 g/mol. The molecule has 90 valence electrons. The molecule has 1 aromatic heterocycles. The highest BCUT2D eigenvalue weighted by Crippen LogP contribution is 2.19. The molecule has 0 unspecified atom stereocenters. The average Bonchev–Trinajstić information content (AvgIpc) is 2.74. The van der Waals surface area contributed by atoms with E-state index in [-0.39, 0.29) is 13.1 Å². The Morgan fingerprint density at radius 1 is 1.35 bits per heavy atom. The van der Waals surface area contributed by atoms with Crippen molar-refractivity contribution in [2.45, 2.75) is 19.9 Å². The van der Waals surface area contributed by atoms with Crippen LogP contribution >= 0.6 is 11.5 Å². The van der Waals surface area contributed by atoms with Gasteiger partial charge in [0.05, 0.1) is 25.2 Å². The first kappa shape index (κ1) is 13.4. The van der Waals surface area contributed by atoms with Crippen LogP contribution in [0.4, 0.5) is 5.00 Å². The molecule has 17 heavy (non-hydrogen) atoms. The minimum atomic E-state index is 0.221. The van der Waals surface area contributed by atoms with Crippen molar-refractivity contribution >= 4 is 16.5 Å². The second kappa shape index (κ2) is 7.55. The predicted molar refractivity (Wildman–Crippen MR) is 65.2 cm³/mol. The molecular weight excluding hydrogens is 236 g/mol. The van der Waals surface area contributed by atoms with Crippen LogP contribution < -0.4 is 5.32 Å². The minimum absolute atomic E-state index is 0.221. The van der Waals surface area contributed by atoms with E-state index < -0.39 is 0 Å². The van der Waals surface area contributed by atoms with Gasteiger partial charge in [0, 0.05) is 24.6 Å². The van der Waals surface area contributed by atoms with Gasteiger partial charge in [-0.25, -0.2) is 0 Å². The van der Waals surface area contributed by atoms with Crippen LogP contribution in [0.15, 0.2) is 0 Å². The number of rotatable bonds is 7. The molecule has 0 aromatic carbocycles. The Labute approximate surface area is 105 Å². The maximum atomic E-state index is 8.65. The third-order valence-electron chi connectivity index (χ3n) is 2.05. The van der Waals surface area contributed by atoms with Gasteiger partial charge in [-0.05, 0) is 6.42 Å². The highest BCUT2D eigenvalue weighted by Gasteiger charge is 2.12. The van der Waals surface area contributed by atoms with Crippen LogP contribution in [0.25, 0.3) is 0 Å². The lowest BCUT2D eigenvalue weighted by molar-refractivity contribution is 0.331. The fraction of sp³-hybridized carbons (Fsp3) is 0.600. The van der Waals surface area contributed by atoms with Crippen molar-refractivity contribution in [1.82, 2.24) is 14.5 Å². The number of hydrogen-bond donors (Lipinski definition) is 1. The number of nitrogens with zero attached hydrogens (tertiary/aromatic N) is 5. The van der Waals surface area contributed by atoms with Crippen LogP contribution in [-0.2, 0) is 6.54 Å². The van der Waals surface area contributed by atoms with Gasteiger partial charge < -0.3 is 5.32 Å². The molecule has 1 aromatic rings. The molecule has 1 N–H and O–H groups in total. The second-order valence-electron chi connectivity index (χ2n) is 3.44. The smallest absolute Gasteiger partial charge is 0.134 e. The van der Waals surface area contributed by atoms with Crippen molar-refractivity contribution in [1.29, 1.82) is 10.5 Å². The van der Waals surface area contributed by atoms with Gasteiger partial charge in [0.2, 0.25) is 0 Å². The molecule has 0 amide bonds. The standard InChI is InChI=1S/C10H14N6S/c1-2-5-13-10-9(14-15-17-10)8-16(6-3-11)7-4-12/h13H,2,5-8H2,1H3. The zero-order valence-corrected chi connectivity index (χ0v) is 10.5. The van der Waals surface area contributed by atoms with E-state index in [1.54, 1.807) is 4.90 Å². The predicted octanol–water partition coefficient (Wildman–Crippen LogP) is 1.21. The summed E-state index contributed by atoms with van der Waals surface area (Å²) in [5.41, 5.74) is 0.800. The first-order chi connectivity index (χ1) is 8.31. The van der Waals surface area contributed by atoms with Gasteiger partial charge in [-0.15, -0.1) is 5.10 Å². The Kier molecular flexibility index (Phi) is 5.94. The van der Waals surface area contributed by atoms with Gasteiger partial charge in [0.1, 0.15) is 10.7 Å². The summed E-state index contributed by atoms with van der Waals surface area (Å²) in [6, 6.07) is 4.07. The molecule has 0 saturated carbocycles. The zero-order valence-electron chi connectivity index (χ0n) is 9.68. The quantitative estimate of drug-likeness (QED) is 0.732. The van der Waals surface area contributed by atoms with Crippen molar-refractivity contribution in [2.75, 3.05) is 25.0 Å². The SMILES string of the molecule is CCCNc1snnc1CN(CC#N)CC#N. The summed E-state index contributed by atoms with van der Waals surface area (Å²) < 4.78 is 3.89. The van der Waals surface area contributed by atoms with Crippen molar-refractivity contribution in [3.8, 4) is 12.1 Å². The Morgan fingerprint density at radius 2 is 2.06 bits per heavy atom. The fourth-order valence-corrected chi connectivity index (χ4v) is 1.86. The zero-order chi connectivity index (χ0) is 12.5. The molecule has 0 radical (unpaired) electrons. The molecule has 0 fully saturated rings. The van der Waals surface area contributed by atoms with E-state index in [4.69, 9.17) is 10.5 Å². The Bertz CT molecular complexity index is 399. The van der Waals surface area contributed by atoms with E-state index in [1.165, 1.54) is 11.5 Å². The van der Waals surface area contributed by atoms with E-state index in [9.17, 15) is 0 Å². The normalized spacial score (nSPS) is 9.88. The van der Waals surface area contributed by atoms with Gasteiger partial charge in [0.25, 0.3) is 0 Å². The van der Waals surface area contributed by atoms with Crippen LogP contribution in [0, 0.1) is 22.7 Å². The highest BCUT2D eigenvalue weighted by atomic mass is 32.1. The second-order valence-corrected chi connectivity index (χ2v) is 4.19. The molecule has 0 spiro atoms. The molecule has 1 rings (SSSR count). The minimum Gasteiger partial charge on any atom is -0.374 e.